The lowest BCUT2D eigenvalue weighted by Crippen LogP contribution is -2.38. The van der Waals surface area contributed by atoms with Crippen molar-refractivity contribution in [2.45, 2.75) is 24.8 Å². The first-order valence-corrected chi connectivity index (χ1v) is 9.62. The van der Waals surface area contributed by atoms with Crippen LogP contribution in [0.25, 0.3) is 11.3 Å². The van der Waals surface area contributed by atoms with Crippen molar-refractivity contribution in [2.75, 3.05) is 13.1 Å². The summed E-state index contributed by atoms with van der Waals surface area (Å²) in [6.45, 7) is 3.15. The summed E-state index contributed by atoms with van der Waals surface area (Å²) in [6, 6.07) is 9.02. The van der Waals surface area contributed by atoms with Crippen molar-refractivity contribution in [3.8, 4) is 11.3 Å². The Morgan fingerprint density at radius 1 is 1.21 bits per heavy atom. The molecular weight excluding hydrogens is 351 g/mol. The van der Waals surface area contributed by atoms with Gasteiger partial charge in [0, 0.05) is 18.7 Å². The molecule has 2 aromatic rings. The third kappa shape index (κ3) is 3.45. The fourth-order valence-electron chi connectivity index (χ4n) is 2.73. The fourth-order valence-corrected chi connectivity index (χ4v) is 4.33. The molecule has 7 heteroatoms. The molecule has 1 aromatic heterocycles. The van der Waals surface area contributed by atoms with Crippen molar-refractivity contribution in [3.05, 3.63) is 47.2 Å². The van der Waals surface area contributed by atoms with E-state index < -0.39 is 15.8 Å². The highest BCUT2D eigenvalue weighted by Gasteiger charge is 2.29. The normalized spacial score (nSPS) is 17.1. The molecule has 1 aliphatic heterocycles. The molecule has 0 radical (unpaired) electrons. The van der Waals surface area contributed by atoms with Crippen LogP contribution < -0.4 is 0 Å². The second-order valence-electron chi connectivity index (χ2n) is 6.08. The SMILES string of the molecule is CC1CCN(S(=O)(=O)c2cccc(-c3ccc(F)c(Cl)c3)n2)CC1. The molecule has 4 nitrogen and oxygen atoms in total. The van der Waals surface area contributed by atoms with Gasteiger partial charge >= 0.3 is 0 Å². The lowest BCUT2D eigenvalue weighted by Gasteiger charge is -2.29. The highest BCUT2D eigenvalue weighted by molar-refractivity contribution is 7.89. The van der Waals surface area contributed by atoms with E-state index in [0.29, 0.717) is 30.3 Å². The monoisotopic (exact) mass is 368 g/mol. The fraction of sp³-hybridized carbons (Fsp3) is 0.353. The zero-order valence-electron chi connectivity index (χ0n) is 13.2. The van der Waals surface area contributed by atoms with E-state index in [1.165, 1.54) is 28.6 Å². The van der Waals surface area contributed by atoms with Crippen molar-refractivity contribution in [1.82, 2.24) is 9.29 Å². The Morgan fingerprint density at radius 3 is 2.58 bits per heavy atom. The second kappa shape index (κ2) is 6.78. The van der Waals surface area contributed by atoms with Crippen LogP contribution in [-0.2, 0) is 10.0 Å². The number of benzene rings is 1. The van der Waals surface area contributed by atoms with Crippen molar-refractivity contribution in [1.29, 1.82) is 0 Å². The third-order valence-corrected chi connectivity index (χ3v) is 6.38. The number of sulfonamides is 1. The minimum absolute atomic E-state index is 0.00926. The average molecular weight is 369 g/mol. The molecule has 1 aliphatic rings. The smallest absolute Gasteiger partial charge is 0.235 e. The Bertz CT molecular complexity index is 849. The van der Waals surface area contributed by atoms with Gasteiger partial charge in [-0.05, 0) is 49.1 Å². The maximum Gasteiger partial charge on any atom is 0.260 e. The molecule has 0 aliphatic carbocycles. The third-order valence-electron chi connectivity index (χ3n) is 4.29. The molecular formula is C17H18ClFN2O2S. The van der Waals surface area contributed by atoms with Crippen LogP contribution >= 0.6 is 11.6 Å². The van der Waals surface area contributed by atoms with Crippen LogP contribution in [0, 0.1) is 11.7 Å². The highest BCUT2D eigenvalue weighted by Crippen LogP contribution is 2.26. The first kappa shape index (κ1) is 17.3. The molecule has 128 valence electrons. The number of aromatic nitrogens is 1. The minimum atomic E-state index is -3.62. The van der Waals surface area contributed by atoms with Gasteiger partial charge in [0.2, 0.25) is 0 Å². The summed E-state index contributed by atoms with van der Waals surface area (Å²) in [7, 11) is -3.62. The van der Waals surface area contributed by atoms with E-state index >= 15 is 0 Å². The molecule has 24 heavy (non-hydrogen) atoms. The first-order chi connectivity index (χ1) is 11.4. The zero-order valence-corrected chi connectivity index (χ0v) is 14.8. The van der Waals surface area contributed by atoms with Gasteiger partial charge in [0.05, 0.1) is 10.7 Å². The molecule has 0 N–H and O–H groups in total. The van der Waals surface area contributed by atoms with E-state index in [9.17, 15) is 12.8 Å². The average Bonchev–Trinajstić information content (AvgIpc) is 2.58. The number of rotatable bonds is 3. The van der Waals surface area contributed by atoms with E-state index in [1.807, 2.05) is 0 Å². The maximum absolute atomic E-state index is 13.3. The molecule has 1 saturated heterocycles. The molecule has 3 rings (SSSR count). The van der Waals surface area contributed by atoms with Crippen LogP contribution in [0.15, 0.2) is 41.4 Å². The van der Waals surface area contributed by atoms with Gasteiger partial charge in [-0.15, -0.1) is 0 Å². The largest absolute Gasteiger partial charge is 0.260 e. The Morgan fingerprint density at radius 2 is 1.92 bits per heavy atom. The van der Waals surface area contributed by atoms with Gasteiger partial charge in [0.15, 0.2) is 5.03 Å². The quantitative estimate of drug-likeness (QED) is 0.823. The van der Waals surface area contributed by atoms with Gasteiger partial charge in [0.1, 0.15) is 5.82 Å². The Kier molecular flexibility index (Phi) is 4.90. The molecule has 0 atom stereocenters. The summed E-state index contributed by atoms with van der Waals surface area (Å²) in [4.78, 5) is 4.27. The van der Waals surface area contributed by atoms with Gasteiger partial charge in [0.25, 0.3) is 10.0 Å². The van der Waals surface area contributed by atoms with Gasteiger partial charge in [-0.2, -0.15) is 4.31 Å². The van der Waals surface area contributed by atoms with E-state index in [0.717, 1.165) is 12.8 Å². The number of halogens is 2. The lowest BCUT2D eigenvalue weighted by atomic mass is 10.0. The van der Waals surface area contributed by atoms with Crippen molar-refractivity contribution in [3.63, 3.8) is 0 Å². The summed E-state index contributed by atoms with van der Waals surface area (Å²) in [6.07, 6.45) is 1.71. The predicted octanol–water partition coefficient (Wildman–Crippen LogP) is 3.96. The Labute approximate surface area is 146 Å². The number of hydrogen-bond acceptors (Lipinski definition) is 3. The molecule has 0 spiro atoms. The van der Waals surface area contributed by atoms with Crippen LogP contribution in [0.4, 0.5) is 4.39 Å². The van der Waals surface area contributed by atoms with Crippen LogP contribution in [0.2, 0.25) is 5.02 Å². The molecule has 2 heterocycles. The van der Waals surface area contributed by atoms with Gasteiger partial charge in [-0.25, -0.2) is 17.8 Å². The number of pyridine rings is 1. The summed E-state index contributed by atoms with van der Waals surface area (Å²) in [5, 5.41) is -0.0115. The number of hydrogen-bond donors (Lipinski definition) is 0. The number of nitrogens with zero attached hydrogens (tertiary/aromatic N) is 2. The maximum atomic E-state index is 13.3. The number of piperidine rings is 1. The molecule has 1 aromatic carbocycles. The molecule has 0 amide bonds. The summed E-state index contributed by atoms with van der Waals surface area (Å²) < 4.78 is 40.3. The summed E-state index contributed by atoms with van der Waals surface area (Å²) in [5.74, 6) is 0.0173. The minimum Gasteiger partial charge on any atom is -0.235 e. The van der Waals surface area contributed by atoms with Crippen LogP contribution in [0.5, 0.6) is 0 Å². The standard InChI is InChI=1S/C17H18ClFN2O2S/c1-12-7-9-21(10-8-12)24(22,23)17-4-2-3-16(20-17)13-5-6-15(19)14(18)11-13/h2-6,11-12H,7-10H2,1H3. The Hall–Kier alpha value is -1.50. The van der Waals surface area contributed by atoms with Crippen LogP contribution in [0.3, 0.4) is 0 Å². The lowest BCUT2D eigenvalue weighted by molar-refractivity contribution is 0.287. The topological polar surface area (TPSA) is 50.3 Å². The van der Waals surface area contributed by atoms with Crippen LogP contribution in [0.1, 0.15) is 19.8 Å². The van der Waals surface area contributed by atoms with Crippen molar-refractivity contribution >= 4 is 21.6 Å². The van der Waals surface area contributed by atoms with E-state index in [1.54, 1.807) is 12.1 Å². The summed E-state index contributed by atoms with van der Waals surface area (Å²) >= 11 is 5.80. The van der Waals surface area contributed by atoms with Gasteiger partial charge in [-0.3, -0.25) is 0 Å². The molecule has 0 bridgehead atoms. The first-order valence-electron chi connectivity index (χ1n) is 7.80. The van der Waals surface area contributed by atoms with E-state index in [4.69, 9.17) is 11.6 Å². The van der Waals surface area contributed by atoms with Crippen LogP contribution in [-0.4, -0.2) is 30.8 Å². The molecule has 1 fully saturated rings. The Balaban J connectivity index is 1.93. The van der Waals surface area contributed by atoms with Gasteiger partial charge in [-0.1, -0.05) is 24.6 Å². The van der Waals surface area contributed by atoms with Crippen molar-refractivity contribution < 1.29 is 12.8 Å². The van der Waals surface area contributed by atoms with E-state index in [2.05, 4.69) is 11.9 Å². The predicted molar refractivity (Wildman–Crippen MR) is 91.8 cm³/mol. The van der Waals surface area contributed by atoms with E-state index in [-0.39, 0.29) is 10.0 Å². The molecule has 0 saturated carbocycles. The van der Waals surface area contributed by atoms with Crippen molar-refractivity contribution in [2.24, 2.45) is 5.92 Å². The highest BCUT2D eigenvalue weighted by atomic mass is 35.5. The van der Waals surface area contributed by atoms with Gasteiger partial charge < -0.3 is 0 Å². The second-order valence-corrected chi connectivity index (χ2v) is 8.37. The summed E-state index contributed by atoms with van der Waals surface area (Å²) in [5.41, 5.74) is 1.02. The molecule has 0 unspecified atom stereocenters. The zero-order chi connectivity index (χ0) is 17.3.